The molecule has 0 bridgehead atoms. The molecule has 0 saturated heterocycles. The predicted molar refractivity (Wildman–Crippen MR) is 157 cm³/mol. The van der Waals surface area contributed by atoms with E-state index in [2.05, 4.69) is 20.9 Å². The molecule has 0 radical (unpaired) electrons. The van der Waals surface area contributed by atoms with Gasteiger partial charge in [0.2, 0.25) is 0 Å². The van der Waals surface area contributed by atoms with Crippen molar-refractivity contribution in [2.45, 2.75) is 19.9 Å². The average molecular weight is 638 g/mol. The number of thiazole rings is 1. The van der Waals surface area contributed by atoms with Crippen LogP contribution in [0.3, 0.4) is 0 Å². The lowest BCUT2D eigenvalue weighted by Gasteiger charge is -2.25. The molecule has 9 nitrogen and oxygen atoms in total. The van der Waals surface area contributed by atoms with E-state index in [-0.39, 0.29) is 12.2 Å². The lowest BCUT2D eigenvalue weighted by molar-refractivity contribution is -0.139. The first-order valence-electron chi connectivity index (χ1n) is 12.6. The van der Waals surface area contributed by atoms with Gasteiger partial charge in [-0.15, -0.1) is 0 Å². The summed E-state index contributed by atoms with van der Waals surface area (Å²) in [5.74, 6) is 0.699. The molecule has 1 aliphatic heterocycles. The summed E-state index contributed by atoms with van der Waals surface area (Å²) >= 11 is 4.72. The predicted octanol–water partition coefficient (Wildman–Crippen LogP) is 4.62. The van der Waals surface area contributed by atoms with Gasteiger partial charge < -0.3 is 18.6 Å². The van der Waals surface area contributed by atoms with E-state index in [1.165, 1.54) is 23.0 Å². The van der Waals surface area contributed by atoms with Crippen LogP contribution < -0.4 is 19.6 Å². The molecule has 210 valence electrons. The van der Waals surface area contributed by atoms with Gasteiger partial charge in [-0.2, -0.15) is 0 Å². The molecule has 4 aromatic rings. The quantitative estimate of drug-likeness (QED) is 0.272. The Bertz CT molecular complexity index is 1870. The second-order valence-electron chi connectivity index (χ2n) is 8.97. The Morgan fingerprint density at radius 3 is 2.51 bits per heavy atom. The fraction of sp³-hybridized carbons (Fsp3) is 0.200. The van der Waals surface area contributed by atoms with Crippen molar-refractivity contribution in [2.24, 2.45) is 4.99 Å². The number of ether oxygens (including phenoxy) is 3. The maximum absolute atomic E-state index is 13.8. The minimum absolute atomic E-state index is 0.186. The molecule has 0 unspecified atom stereocenters. The molecular weight excluding hydrogens is 612 g/mol. The van der Waals surface area contributed by atoms with Crippen LogP contribution in [0.2, 0.25) is 0 Å². The molecule has 2 aromatic heterocycles. The largest absolute Gasteiger partial charge is 0.496 e. The normalized spacial score (nSPS) is 14.9. The van der Waals surface area contributed by atoms with E-state index in [1.54, 1.807) is 69.5 Å². The van der Waals surface area contributed by atoms with Crippen molar-refractivity contribution in [3.8, 4) is 17.1 Å². The highest BCUT2D eigenvalue weighted by Gasteiger charge is 2.33. The lowest BCUT2D eigenvalue weighted by Crippen LogP contribution is -2.39. The summed E-state index contributed by atoms with van der Waals surface area (Å²) in [4.78, 5) is 43.7. The molecule has 0 saturated carbocycles. The monoisotopic (exact) mass is 636 g/mol. The Morgan fingerprint density at radius 2 is 1.85 bits per heavy atom. The Balaban J connectivity index is 1.59. The van der Waals surface area contributed by atoms with Crippen molar-refractivity contribution >= 4 is 45.3 Å². The van der Waals surface area contributed by atoms with Crippen LogP contribution in [0.25, 0.3) is 17.4 Å². The number of esters is 2. The summed E-state index contributed by atoms with van der Waals surface area (Å²) < 4.78 is 24.1. The van der Waals surface area contributed by atoms with Gasteiger partial charge in [-0.05, 0) is 71.7 Å². The fourth-order valence-corrected chi connectivity index (χ4v) is 6.15. The van der Waals surface area contributed by atoms with E-state index in [0.29, 0.717) is 53.5 Å². The molecule has 0 fully saturated rings. The van der Waals surface area contributed by atoms with E-state index in [4.69, 9.17) is 18.6 Å². The minimum Gasteiger partial charge on any atom is -0.496 e. The second kappa shape index (κ2) is 11.7. The molecule has 0 amide bonds. The van der Waals surface area contributed by atoms with Gasteiger partial charge in [-0.25, -0.2) is 14.6 Å². The van der Waals surface area contributed by atoms with Crippen molar-refractivity contribution in [2.75, 3.05) is 20.8 Å². The molecule has 0 aliphatic carbocycles. The van der Waals surface area contributed by atoms with Crippen molar-refractivity contribution < 1.29 is 28.2 Å². The van der Waals surface area contributed by atoms with Crippen molar-refractivity contribution in [1.82, 2.24) is 4.57 Å². The van der Waals surface area contributed by atoms with Gasteiger partial charge in [0.15, 0.2) is 4.80 Å². The summed E-state index contributed by atoms with van der Waals surface area (Å²) in [5.41, 5.74) is 2.33. The zero-order valence-corrected chi connectivity index (χ0v) is 25.0. The summed E-state index contributed by atoms with van der Waals surface area (Å²) in [6.45, 7) is 3.65. The number of furan rings is 1. The van der Waals surface area contributed by atoms with Gasteiger partial charge in [-0.3, -0.25) is 9.36 Å². The summed E-state index contributed by atoms with van der Waals surface area (Å²) in [5, 5.41) is 0. The Labute approximate surface area is 247 Å². The fourth-order valence-electron chi connectivity index (χ4n) is 4.56. The standard InChI is InChI=1S/C30H25BrN2O7S/c1-5-39-29(36)25-16(2)32-30-33(26(25)19-10-12-23(37-3)21(31)14-19)27(34)24(41-30)15-20-11-13-22(40-20)17-6-8-18(9-7-17)28(35)38-4/h6-15,26H,5H2,1-4H3/b24-15-/t26-/m1/s1. The molecule has 11 heteroatoms. The number of allylic oxidation sites excluding steroid dienone is 1. The van der Waals surface area contributed by atoms with Crippen LogP contribution in [-0.4, -0.2) is 37.3 Å². The number of methoxy groups -OCH3 is 2. The third-order valence-corrected chi connectivity index (χ3v) is 8.10. The smallest absolute Gasteiger partial charge is 0.338 e. The van der Waals surface area contributed by atoms with E-state index < -0.39 is 18.0 Å². The molecule has 0 spiro atoms. The van der Waals surface area contributed by atoms with Crippen LogP contribution in [-0.2, 0) is 14.3 Å². The first-order valence-corrected chi connectivity index (χ1v) is 14.2. The SMILES string of the molecule is CCOC(=O)C1=C(C)N=c2s/c(=C\c3ccc(-c4ccc(C(=O)OC)cc4)o3)c(=O)n2[C@@H]1c1ccc(OC)c(Br)c1. The second-order valence-corrected chi connectivity index (χ2v) is 10.8. The van der Waals surface area contributed by atoms with Crippen LogP contribution in [0.1, 0.15) is 41.6 Å². The van der Waals surface area contributed by atoms with Gasteiger partial charge >= 0.3 is 11.9 Å². The molecule has 1 atom stereocenters. The highest BCUT2D eigenvalue weighted by Crippen LogP contribution is 2.35. The minimum atomic E-state index is -0.754. The molecule has 41 heavy (non-hydrogen) atoms. The molecule has 2 aromatic carbocycles. The molecule has 0 N–H and O–H groups in total. The van der Waals surface area contributed by atoms with Gasteiger partial charge in [0.25, 0.3) is 5.56 Å². The number of hydrogen-bond donors (Lipinski definition) is 0. The average Bonchev–Trinajstić information content (AvgIpc) is 3.56. The lowest BCUT2D eigenvalue weighted by atomic mass is 9.96. The Hall–Kier alpha value is -4.22. The molecule has 3 heterocycles. The summed E-state index contributed by atoms with van der Waals surface area (Å²) in [6, 6.07) is 15.0. The van der Waals surface area contributed by atoms with Crippen LogP contribution in [0.15, 0.2) is 84.5 Å². The highest BCUT2D eigenvalue weighted by atomic mass is 79.9. The van der Waals surface area contributed by atoms with Gasteiger partial charge in [0, 0.05) is 11.6 Å². The Kier molecular flexibility index (Phi) is 8.09. The highest BCUT2D eigenvalue weighted by molar-refractivity contribution is 9.10. The third-order valence-electron chi connectivity index (χ3n) is 6.50. The first kappa shape index (κ1) is 28.3. The number of aromatic nitrogens is 1. The number of nitrogens with zero attached hydrogens (tertiary/aromatic N) is 2. The molecule has 5 rings (SSSR count). The number of halogens is 1. The number of benzene rings is 2. The van der Waals surface area contributed by atoms with E-state index >= 15 is 0 Å². The number of fused-ring (bicyclic) bond motifs is 1. The summed E-state index contributed by atoms with van der Waals surface area (Å²) in [6.07, 6.45) is 1.65. The number of carbonyl (C=O) groups excluding carboxylic acids is 2. The number of rotatable bonds is 7. The van der Waals surface area contributed by atoms with Crippen LogP contribution in [0.4, 0.5) is 0 Å². The van der Waals surface area contributed by atoms with E-state index in [1.807, 2.05) is 12.1 Å². The zero-order valence-electron chi connectivity index (χ0n) is 22.6. The summed E-state index contributed by atoms with van der Waals surface area (Å²) in [7, 11) is 2.89. The molecule has 1 aliphatic rings. The maximum atomic E-state index is 13.8. The van der Waals surface area contributed by atoms with E-state index in [0.717, 1.165) is 5.56 Å². The third kappa shape index (κ3) is 5.42. The van der Waals surface area contributed by atoms with Crippen LogP contribution >= 0.6 is 27.3 Å². The van der Waals surface area contributed by atoms with Crippen LogP contribution in [0.5, 0.6) is 5.75 Å². The topological polar surface area (TPSA) is 109 Å². The van der Waals surface area contributed by atoms with Crippen LogP contribution in [0, 0.1) is 0 Å². The first-order chi connectivity index (χ1) is 19.7. The van der Waals surface area contributed by atoms with Gasteiger partial charge in [0.1, 0.15) is 17.3 Å². The maximum Gasteiger partial charge on any atom is 0.338 e. The number of hydrogen-bond acceptors (Lipinski definition) is 9. The Morgan fingerprint density at radius 1 is 1.10 bits per heavy atom. The van der Waals surface area contributed by atoms with E-state index in [9.17, 15) is 14.4 Å². The molecular formula is C30H25BrN2O7S. The van der Waals surface area contributed by atoms with Gasteiger partial charge in [-0.1, -0.05) is 29.5 Å². The zero-order chi connectivity index (χ0) is 29.3. The van der Waals surface area contributed by atoms with Crippen molar-refractivity contribution in [3.63, 3.8) is 0 Å². The van der Waals surface area contributed by atoms with Crippen molar-refractivity contribution in [1.29, 1.82) is 0 Å². The van der Waals surface area contributed by atoms with Crippen molar-refractivity contribution in [3.05, 3.63) is 107 Å². The van der Waals surface area contributed by atoms with Gasteiger partial charge in [0.05, 0.1) is 52.7 Å². The number of carbonyl (C=O) groups is 2.